The predicted molar refractivity (Wildman–Crippen MR) is 245 cm³/mol. The van der Waals surface area contributed by atoms with Crippen molar-refractivity contribution in [2.75, 3.05) is 98.6 Å². The van der Waals surface area contributed by atoms with E-state index in [1.165, 1.54) is 0 Å². The molecule has 0 aromatic carbocycles. The zero-order chi connectivity index (χ0) is 45.0. The molecule has 0 amide bonds. The Balaban J connectivity index is -0.000000120. The van der Waals surface area contributed by atoms with Gasteiger partial charge >= 0.3 is 15.1 Å². The summed E-state index contributed by atoms with van der Waals surface area (Å²) >= 11 is -3.00. The van der Waals surface area contributed by atoms with E-state index in [1.54, 1.807) is 96.9 Å². The fourth-order valence-electron chi connectivity index (χ4n) is 2.95. The second-order valence-corrected chi connectivity index (χ2v) is 38.4. The molecule has 348 valence electrons. The zero-order valence-corrected chi connectivity index (χ0v) is 48.2. The third-order valence-electron chi connectivity index (χ3n) is 8.48. The van der Waals surface area contributed by atoms with Crippen LogP contribution in [0.4, 0.5) is 0 Å². The van der Waals surface area contributed by atoms with E-state index in [1.807, 2.05) is 0 Å². The maximum atomic E-state index is 12.6. The topological polar surface area (TPSA) is 265 Å². The van der Waals surface area contributed by atoms with Crippen LogP contribution in [-0.4, -0.2) is 138 Å². The molecule has 0 radical (unpaired) electrons. The third-order valence-corrected chi connectivity index (χ3v) is 31.0. The molecule has 16 nitrogen and oxygen atoms in total. The zero-order valence-electron chi connectivity index (χ0n) is 36.9. The van der Waals surface area contributed by atoms with E-state index >= 15 is 0 Å². The molecule has 5 N–H and O–H groups in total. The van der Waals surface area contributed by atoms with Gasteiger partial charge < -0.3 is 35.2 Å². The van der Waals surface area contributed by atoms with E-state index in [0.29, 0.717) is 73.9 Å². The second-order valence-electron chi connectivity index (χ2n) is 12.2. The van der Waals surface area contributed by atoms with E-state index < -0.39 is 74.1 Å². The summed E-state index contributed by atoms with van der Waals surface area (Å²) in [6.07, 6.45) is 4.83. The monoisotopic (exact) mass is 1050 g/mol. The Morgan fingerprint density at radius 3 is 0.544 bits per heavy atom. The van der Waals surface area contributed by atoms with E-state index in [-0.39, 0.29) is 51.6 Å². The first-order valence-corrected chi connectivity index (χ1v) is 36.7. The standard InChI is InChI=1S/C6H16O4P2.6C4H11O2P.CH4.Al.Zn/c1-3-11(7,8)5-6-12(9,10)4-2;6*1-3-7(5,6)4-2;;;/h3-6H2,1-2H3,(H,7,8)(H,9,10);6*3-4H2,1-2H3,(H,5,6);1H4;;/q;;;;;;;;+3;/p-3. The van der Waals surface area contributed by atoms with Crippen molar-refractivity contribution < 1.29 is 91.2 Å². The van der Waals surface area contributed by atoms with Gasteiger partial charge in [0.1, 0.15) is 0 Å². The van der Waals surface area contributed by atoms with Crippen molar-refractivity contribution in [3.05, 3.63) is 0 Å². The molecule has 57 heavy (non-hydrogen) atoms. The van der Waals surface area contributed by atoms with Gasteiger partial charge in [-0.2, -0.15) is 0 Å². The first-order valence-electron chi connectivity index (χ1n) is 19.2. The van der Waals surface area contributed by atoms with E-state index in [2.05, 4.69) is 0 Å². The molecule has 0 aliphatic heterocycles. The van der Waals surface area contributed by atoms with Gasteiger partial charge in [-0.05, 0) is 0 Å². The van der Waals surface area contributed by atoms with Crippen LogP contribution >= 0.6 is 59.0 Å². The first kappa shape index (κ1) is 74.0. The Morgan fingerprint density at radius 1 is 0.316 bits per heavy atom. The van der Waals surface area contributed by atoms with Gasteiger partial charge in [0.25, 0.3) is 0 Å². The quantitative estimate of drug-likeness (QED) is 0.0470. The second kappa shape index (κ2) is 37.0. The average Bonchev–Trinajstić information content (AvgIpc) is 3.17. The van der Waals surface area contributed by atoms with Crippen LogP contribution in [0.5, 0.6) is 0 Å². The van der Waals surface area contributed by atoms with Crippen LogP contribution in [0.15, 0.2) is 0 Å². The molecule has 0 heterocycles. The van der Waals surface area contributed by atoms with Crippen LogP contribution in [0.1, 0.15) is 104 Å². The number of hydrogen-bond acceptors (Lipinski definition) is 11. The van der Waals surface area contributed by atoms with Gasteiger partial charge in [-0.15, -0.1) is 0 Å². The Labute approximate surface area is 366 Å². The van der Waals surface area contributed by atoms with Crippen LogP contribution in [0, 0.1) is 0 Å². The molecular weight excluding hydrogens is 968 g/mol. The SMILES string of the molecule is C.CCP(=O)(CC)[O][Al]([O]P(=O)(CC)CC)[O]P(=O)(CC)CC.CCP(=O)(O)CC.CCP(=O)(O)CC.CCP(=O)(O)CC.CCP(=O)(O)CCP(=O)(O)CC.[Zn]. The van der Waals surface area contributed by atoms with Crippen molar-refractivity contribution >= 4 is 74.1 Å². The van der Waals surface area contributed by atoms with Crippen LogP contribution in [-0.2, 0) is 66.7 Å². The average molecular weight is 1050 g/mol. The van der Waals surface area contributed by atoms with Gasteiger partial charge in [-0.3, -0.25) is 36.5 Å². The molecule has 26 heteroatoms. The minimum absolute atomic E-state index is 0. The molecule has 0 saturated carbocycles. The molecule has 0 spiro atoms. The van der Waals surface area contributed by atoms with Crippen molar-refractivity contribution in [2.45, 2.75) is 104 Å². The van der Waals surface area contributed by atoms with Gasteiger partial charge in [0.2, 0.25) is 14.7 Å². The van der Waals surface area contributed by atoms with Crippen LogP contribution < -0.4 is 0 Å². The fourth-order valence-corrected chi connectivity index (χ4v) is 17.6. The summed E-state index contributed by atoms with van der Waals surface area (Å²) in [5.41, 5.74) is 0. The van der Waals surface area contributed by atoms with Crippen LogP contribution in [0.3, 0.4) is 0 Å². The molecule has 0 aliphatic rings. The molecule has 0 fully saturated rings. The molecule has 0 bridgehead atoms. The van der Waals surface area contributed by atoms with Gasteiger partial charge in [0.15, 0.2) is 44.2 Å². The molecule has 0 saturated heterocycles. The number of rotatable bonds is 23. The van der Waals surface area contributed by atoms with E-state index in [4.69, 9.17) is 35.2 Å². The van der Waals surface area contributed by atoms with Gasteiger partial charge in [-0.25, -0.2) is 0 Å². The maximum absolute atomic E-state index is 12.6. The molecule has 0 aromatic heterocycles. The van der Waals surface area contributed by atoms with Crippen molar-refractivity contribution in [1.82, 2.24) is 0 Å². The molecule has 2 atom stereocenters. The Hall–Kier alpha value is 2.68. The summed E-state index contributed by atoms with van der Waals surface area (Å²) < 4.78 is 108. The van der Waals surface area contributed by atoms with Crippen molar-refractivity contribution in [3.63, 3.8) is 0 Å². The maximum Gasteiger partial charge on any atom is 0.921 e. The summed E-state index contributed by atoms with van der Waals surface area (Å²) in [6.45, 7) is 24.2. The summed E-state index contributed by atoms with van der Waals surface area (Å²) in [6, 6.07) is 0. The largest absolute Gasteiger partial charge is 0.921 e. The minimum Gasteiger partial charge on any atom is -0.405 e. The summed E-state index contributed by atoms with van der Waals surface area (Å²) in [4.78, 5) is 44.3. The van der Waals surface area contributed by atoms with Gasteiger partial charge in [0, 0.05) is 118 Å². The minimum atomic E-state index is -3.12. The molecular formula is C31H83AlO16P8Zn. The van der Waals surface area contributed by atoms with Crippen LogP contribution in [0.25, 0.3) is 0 Å². The van der Waals surface area contributed by atoms with E-state index in [9.17, 15) is 36.5 Å². The Bertz CT molecular complexity index is 1210. The van der Waals surface area contributed by atoms with Gasteiger partial charge in [-0.1, -0.05) is 104 Å². The van der Waals surface area contributed by atoms with Crippen molar-refractivity contribution in [2.24, 2.45) is 0 Å². The van der Waals surface area contributed by atoms with Crippen molar-refractivity contribution in [3.8, 4) is 0 Å². The van der Waals surface area contributed by atoms with Crippen LogP contribution in [0.2, 0.25) is 0 Å². The van der Waals surface area contributed by atoms with Gasteiger partial charge in [0.05, 0.1) is 0 Å². The smallest absolute Gasteiger partial charge is 0.405 e. The third kappa shape index (κ3) is 42.4. The fraction of sp³-hybridized carbons (Fsp3) is 1.00. The molecule has 0 aromatic rings. The van der Waals surface area contributed by atoms with Crippen molar-refractivity contribution in [1.29, 1.82) is 0 Å². The summed E-state index contributed by atoms with van der Waals surface area (Å²) in [7, 11) is -22.8. The summed E-state index contributed by atoms with van der Waals surface area (Å²) in [5, 5.41) is 0. The molecule has 0 aliphatic carbocycles. The number of hydrogen-bond donors (Lipinski definition) is 5. The summed E-state index contributed by atoms with van der Waals surface area (Å²) in [5.74, 6) is 0. The molecule has 0 rings (SSSR count). The Morgan fingerprint density at radius 2 is 0.456 bits per heavy atom. The Kier molecular flexibility index (Phi) is 48.0. The van der Waals surface area contributed by atoms with E-state index in [0.717, 1.165) is 0 Å². The normalized spacial score (nSPS) is 14.0. The predicted octanol–water partition coefficient (Wildman–Crippen LogP) is 11.1. The first-order chi connectivity index (χ1) is 24.8. The molecule has 2 unspecified atom stereocenters.